The molecule has 10 heteroatoms. The van der Waals surface area contributed by atoms with Crippen LogP contribution >= 0.6 is 0 Å². The third-order valence-electron chi connectivity index (χ3n) is 5.14. The number of aromatic nitrogens is 3. The number of benzene rings is 2. The van der Waals surface area contributed by atoms with Crippen molar-refractivity contribution in [2.24, 2.45) is 0 Å². The first-order valence-corrected chi connectivity index (χ1v) is 10.9. The van der Waals surface area contributed by atoms with Crippen LogP contribution < -0.4 is 21.7 Å². The number of nitrogens with two attached hydrogens (primary N) is 1. The lowest BCUT2D eigenvalue weighted by Crippen LogP contribution is -2.40. The monoisotopic (exact) mass is 475 g/mol. The van der Waals surface area contributed by atoms with Crippen molar-refractivity contribution in [2.75, 3.05) is 16.4 Å². The molecule has 5 N–H and O–H groups in total. The summed E-state index contributed by atoms with van der Waals surface area (Å²) < 4.78 is 15.5. The van der Waals surface area contributed by atoms with Crippen LogP contribution in [0.15, 0.2) is 55.0 Å². The second-order valence-electron chi connectivity index (χ2n) is 9.20. The number of rotatable bonds is 4. The van der Waals surface area contributed by atoms with Gasteiger partial charge in [-0.2, -0.15) is 5.10 Å². The zero-order valence-electron chi connectivity index (χ0n) is 19.8. The van der Waals surface area contributed by atoms with Crippen molar-refractivity contribution in [1.29, 1.82) is 0 Å². The molecule has 0 unspecified atom stereocenters. The quantitative estimate of drug-likeness (QED) is 0.343. The molecule has 0 saturated carbocycles. The van der Waals surface area contributed by atoms with E-state index in [9.17, 15) is 14.0 Å². The standard InChI is InChI=1S/C25H26FN7O2/c1-14-5-10-18(26)19(11-14)31-24(35)30-16-8-6-15(7-9-16)20-17(23(34)32-25(2,3)4)12-33-21(20)22(27)28-13-29-33/h5-13H,1-4H3,(H,32,34)(H2,27,28,29)(H2,30,31,35). The summed E-state index contributed by atoms with van der Waals surface area (Å²) in [5.41, 5.74) is 9.21. The van der Waals surface area contributed by atoms with Crippen molar-refractivity contribution < 1.29 is 14.0 Å². The average molecular weight is 476 g/mol. The lowest BCUT2D eigenvalue weighted by molar-refractivity contribution is 0.0920. The predicted molar refractivity (Wildman–Crippen MR) is 134 cm³/mol. The number of hydrogen-bond acceptors (Lipinski definition) is 5. The number of aryl methyl sites for hydroxylation is 1. The first-order chi connectivity index (χ1) is 16.5. The Morgan fingerprint density at radius 2 is 1.77 bits per heavy atom. The molecule has 0 atom stereocenters. The first-order valence-electron chi connectivity index (χ1n) is 10.9. The number of nitrogens with one attached hydrogen (secondary N) is 3. The van der Waals surface area contributed by atoms with Crippen LogP contribution in [-0.4, -0.2) is 32.1 Å². The minimum Gasteiger partial charge on any atom is -0.382 e. The molecule has 0 fully saturated rings. The Bertz CT molecular complexity index is 1420. The van der Waals surface area contributed by atoms with E-state index >= 15 is 0 Å². The minimum absolute atomic E-state index is 0.0874. The van der Waals surface area contributed by atoms with Crippen LogP contribution in [0.3, 0.4) is 0 Å². The van der Waals surface area contributed by atoms with Crippen LogP contribution in [0, 0.1) is 12.7 Å². The fourth-order valence-electron chi connectivity index (χ4n) is 3.65. The number of nitrogens with zero attached hydrogens (tertiary/aromatic N) is 3. The molecule has 0 bridgehead atoms. The molecule has 2 aromatic carbocycles. The van der Waals surface area contributed by atoms with Crippen LogP contribution in [0.5, 0.6) is 0 Å². The molecule has 0 saturated heterocycles. The third kappa shape index (κ3) is 5.21. The van der Waals surface area contributed by atoms with E-state index < -0.39 is 17.4 Å². The van der Waals surface area contributed by atoms with Gasteiger partial charge in [0.2, 0.25) is 0 Å². The molecule has 0 aliphatic rings. The van der Waals surface area contributed by atoms with E-state index in [1.165, 1.54) is 16.9 Å². The van der Waals surface area contributed by atoms with E-state index in [4.69, 9.17) is 5.73 Å². The van der Waals surface area contributed by atoms with E-state index in [0.29, 0.717) is 27.9 Å². The summed E-state index contributed by atoms with van der Waals surface area (Å²) in [5, 5.41) is 12.3. The Kier molecular flexibility index (Phi) is 6.12. The summed E-state index contributed by atoms with van der Waals surface area (Å²) >= 11 is 0. The maximum atomic E-state index is 13.9. The Hall–Kier alpha value is -4.47. The molecular weight excluding hydrogens is 449 g/mol. The number of halogens is 1. The van der Waals surface area contributed by atoms with Crippen LogP contribution in [0.25, 0.3) is 16.6 Å². The lowest BCUT2D eigenvalue weighted by Gasteiger charge is -2.20. The Labute approximate surface area is 201 Å². The normalized spacial score (nSPS) is 11.3. The summed E-state index contributed by atoms with van der Waals surface area (Å²) in [6, 6.07) is 10.7. The van der Waals surface area contributed by atoms with Crippen molar-refractivity contribution in [1.82, 2.24) is 19.9 Å². The molecule has 0 spiro atoms. The zero-order valence-corrected chi connectivity index (χ0v) is 19.8. The Morgan fingerprint density at radius 3 is 2.46 bits per heavy atom. The van der Waals surface area contributed by atoms with Gasteiger partial charge in [0, 0.05) is 23.0 Å². The Balaban J connectivity index is 1.63. The van der Waals surface area contributed by atoms with Crippen molar-refractivity contribution in [3.05, 3.63) is 71.9 Å². The van der Waals surface area contributed by atoms with Crippen LogP contribution in [0.4, 0.5) is 26.4 Å². The molecule has 2 heterocycles. The number of hydrogen-bond donors (Lipinski definition) is 4. The molecule has 4 aromatic rings. The van der Waals surface area contributed by atoms with Gasteiger partial charge in [0.25, 0.3) is 5.91 Å². The number of carbonyl (C=O) groups is 2. The van der Waals surface area contributed by atoms with Gasteiger partial charge in [0.1, 0.15) is 17.7 Å². The van der Waals surface area contributed by atoms with Crippen LogP contribution in [0.1, 0.15) is 36.7 Å². The molecule has 0 radical (unpaired) electrons. The number of amides is 3. The van der Waals surface area contributed by atoms with E-state index in [1.54, 1.807) is 49.5 Å². The maximum Gasteiger partial charge on any atom is 0.323 e. The van der Waals surface area contributed by atoms with E-state index in [2.05, 4.69) is 26.0 Å². The van der Waals surface area contributed by atoms with E-state index in [1.807, 2.05) is 20.8 Å². The highest BCUT2D eigenvalue weighted by molar-refractivity contribution is 6.07. The molecular formula is C25H26FN7O2. The smallest absolute Gasteiger partial charge is 0.323 e. The fourth-order valence-corrected chi connectivity index (χ4v) is 3.65. The molecule has 0 aliphatic carbocycles. The highest BCUT2D eigenvalue weighted by Gasteiger charge is 2.24. The first kappa shape index (κ1) is 23.7. The highest BCUT2D eigenvalue weighted by Crippen LogP contribution is 2.33. The summed E-state index contributed by atoms with van der Waals surface area (Å²) in [4.78, 5) is 29.5. The van der Waals surface area contributed by atoms with Gasteiger partial charge in [-0.3, -0.25) is 4.79 Å². The summed E-state index contributed by atoms with van der Waals surface area (Å²) in [7, 11) is 0. The summed E-state index contributed by atoms with van der Waals surface area (Å²) in [6.07, 6.45) is 2.93. The second kappa shape index (κ2) is 9.05. The highest BCUT2D eigenvalue weighted by atomic mass is 19.1. The average Bonchev–Trinajstić information content (AvgIpc) is 3.17. The molecule has 0 aliphatic heterocycles. The Morgan fingerprint density at radius 1 is 1.06 bits per heavy atom. The number of urea groups is 1. The lowest BCUT2D eigenvalue weighted by atomic mass is 10.0. The second-order valence-corrected chi connectivity index (χ2v) is 9.20. The molecule has 9 nitrogen and oxygen atoms in total. The minimum atomic E-state index is -0.584. The number of nitrogen functional groups attached to an aromatic ring is 1. The molecule has 4 rings (SSSR count). The van der Waals surface area contributed by atoms with Gasteiger partial charge in [0.15, 0.2) is 5.82 Å². The van der Waals surface area contributed by atoms with Gasteiger partial charge in [-0.15, -0.1) is 0 Å². The summed E-state index contributed by atoms with van der Waals surface area (Å²) in [5.74, 6) is -0.576. The maximum absolute atomic E-state index is 13.9. The van der Waals surface area contributed by atoms with Crippen LogP contribution in [0.2, 0.25) is 0 Å². The van der Waals surface area contributed by atoms with Gasteiger partial charge in [-0.05, 0) is 63.1 Å². The number of fused-ring (bicyclic) bond motifs is 1. The molecule has 35 heavy (non-hydrogen) atoms. The van der Waals surface area contributed by atoms with Gasteiger partial charge in [0.05, 0.1) is 11.3 Å². The molecule has 180 valence electrons. The third-order valence-corrected chi connectivity index (χ3v) is 5.14. The van der Waals surface area contributed by atoms with E-state index in [-0.39, 0.29) is 17.4 Å². The summed E-state index contributed by atoms with van der Waals surface area (Å²) in [6.45, 7) is 7.48. The topological polar surface area (TPSA) is 126 Å². The predicted octanol–water partition coefficient (Wildman–Crippen LogP) is 4.60. The number of carbonyl (C=O) groups excluding carboxylic acids is 2. The van der Waals surface area contributed by atoms with Gasteiger partial charge in [-0.1, -0.05) is 18.2 Å². The SMILES string of the molecule is Cc1ccc(F)c(NC(=O)Nc2ccc(-c3c(C(=O)NC(C)(C)C)cn4ncnc(N)c34)cc2)c1. The van der Waals surface area contributed by atoms with Crippen molar-refractivity contribution in [2.45, 2.75) is 33.2 Å². The van der Waals surface area contributed by atoms with E-state index in [0.717, 1.165) is 5.56 Å². The van der Waals surface area contributed by atoms with Crippen LogP contribution in [-0.2, 0) is 0 Å². The van der Waals surface area contributed by atoms with Gasteiger partial charge >= 0.3 is 6.03 Å². The zero-order chi connectivity index (χ0) is 25.3. The fraction of sp³-hybridized carbons (Fsp3) is 0.200. The largest absolute Gasteiger partial charge is 0.382 e. The van der Waals surface area contributed by atoms with Gasteiger partial charge in [-0.25, -0.2) is 18.7 Å². The van der Waals surface area contributed by atoms with Gasteiger partial charge < -0.3 is 21.7 Å². The van der Waals surface area contributed by atoms with Crippen molar-refractivity contribution >= 4 is 34.6 Å². The van der Waals surface area contributed by atoms with Crippen molar-refractivity contribution in [3.8, 4) is 11.1 Å². The molecule has 2 aromatic heterocycles. The molecule has 3 amide bonds. The number of anilines is 3. The van der Waals surface area contributed by atoms with Crippen molar-refractivity contribution in [3.63, 3.8) is 0 Å².